The average molecular weight is 392 g/mol. The molecule has 154 valence electrons. The van der Waals surface area contributed by atoms with Gasteiger partial charge in [-0.15, -0.1) is 0 Å². The van der Waals surface area contributed by atoms with Crippen LogP contribution in [0.4, 0.5) is 10.5 Å². The van der Waals surface area contributed by atoms with Crippen LogP contribution in [0.25, 0.3) is 10.8 Å². The van der Waals surface area contributed by atoms with Gasteiger partial charge in [0, 0.05) is 31.4 Å². The third-order valence-corrected chi connectivity index (χ3v) is 6.24. The highest BCUT2D eigenvalue weighted by Crippen LogP contribution is 2.21. The van der Waals surface area contributed by atoms with E-state index in [9.17, 15) is 4.79 Å². The van der Waals surface area contributed by atoms with Gasteiger partial charge in [0.1, 0.15) is 0 Å². The van der Waals surface area contributed by atoms with Crippen molar-refractivity contribution in [3.05, 3.63) is 54.1 Å². The van der Waals surface area contributed by atoms with Crippen LogP contribution in [0.5, 0.6) is 0 Å². The second-order valence-electron chi connectivity index (χ2n) is 8.53. The quantitative estimate of drug-likeness (QED) is 0.656. The van der Waals surface area contributed by atoms with Gasteiger partial charge in [0.2, 0.25) is 0 Å². The number of hydrogen-bond acceptors (Lipinski definition) is 2. The fraction of sp³-hybridized carbons (Fsp3) is 0.480. The number of hydrogen-bond donors (Lipinski definition) is 2. The molecule has 2 aromatic carbocycles. The molecule has 2 aromatic rings. The number of piperidine rings is 1. The molecule has 2 N–H and O–H groups in total. The Hall–Kier alpha value is -2.33. The van der Waals surface area contributed by atoms with Crippen LogP contribution in [0.2, 0.25) is 0 Å². The normalized spacial score (nSPS) is 21.0. The summed E-state index contributed by atoms with van der Waals surface area (Å²) in [5.74, 6) is 0. The third kappa shape index (κ3) is 5.83. The summed E-state index contributed by atoms with van der Waals surface area (Å²) in [7, 11) is 0. The molecule has 0 radical (unpaired) electrons. The molecule has 0 spiro atoms. The van der Waals surface area contributed by atoms with Gasteiger partial charge in [0.15, 0.2) is 0 Å². The van der Waals surface area contributed by atoms with Crippen molar-refractivity contribution >= 4 is 22.5 Å². The molecule has 0 unspecified atom stereocenters. The number of amides is 2. The first kappa shape index (κ1) is 20.0. The van der Waals surface area contributed by atoms with Gasteiger partial charge >= 0.3 is 6.03 Å². The maximum Gasteiger partial charge on any atom is 0.319 e. The van der Waals surface area contributed by atoms with E-state index in [1.54, 1.807) is 5.57 Å². The van der Waals surface area contributed by atoms with Crippen LogP contribution in [0, 0.1) is 0 Å². The Balaban J connectivity index is 1.23. The van der Waals surface area contributed by atoms with E-state index in [1.165, 1.54) is 43.9 Å². The number of allylic oxidation sites excluding steroid dienone is 1. The summed E-state index contributed by atoms with van der Waals surface area (Å²) in [6, 6.07) is 14.4. The molecule has 1 aliphatic carbocycles. The van der Waals surface area contributed by atoms with Gasteiger partial charge in [0.05, 0.1) is 0 Å². The number of urea groups is 1. The van der Waals surface area contributed by atoms with Crippen LogP contribution in [0.1, 0.15) is 51.4 Å². The van der Waals surface area contributed by atoms with Gasteiger partial charge in [0.25, 0.3) is 0 Å². The fourth-order valence-corrected chi connectivity index (χ4v) is 4.54. The van der Waals surface area contributed by atoms with E-state index in [0.29, 0.717) is 0 Å². The summed E-state index contributed by atoms with van der Waals surface area (Å²) in [5, 5.41) is 8.49. The van der Waals surface area contributed by atoms with Crippen LogP contribution in [0.15, 0.2) is 54.1 Å². The number of fused-ring (bicyclic) bond motifs is 1. The first-order valence-electron chi connectivity index (χ1n) is 11.2. The van der Waals surface area contributed by atoms with Crippen molar-refractivity contribution in [1.29, 1.82) is 0 Å². The molecule has 2 amide bonds. The van der Waals surface area contributed by atoms with E-state index in [-0.39, 0.29) is 12.1 Å². The smallest absolute Gasteiger partial charge is 0.319 e. The first-order chi connectivity index (χ1) is 14.3. The number of carbonyl (C=O) groups is 1. The lowest BCUT2D eigenvalue weighted by Crippen LogP contribution is -2.46. The minimum atomic E-state index is -0.0959. The lowest BCUT2D eigenvalue weighted by Gasteiger charge is -2.33. The monoisotopic (exact) mass is 391 g/mol. The van der Waals surface area contributed by atoms with E-state index in [1.807, 2.05) is 30.3 Å². The van der Waals surface area contributed by atoms with Crippen molar-refractivity contribution < 1.29 is 4.79 Å². The van der Waals surface area contributed by atoms with E-state index in [0.717, 1.165) is 43.5 Å². The van der Waals surface area contributed by atoms with Crippen molar-refractivity contribution in [2.45, 2.75) is 57.4 Å². The molecule has 4 nitrogen and oxygen atoms in total. The highest BCUT2D eigenvalue weighted by atomic mass is 16.2. The molecule has 0 saturated carbocycles. The van der Waals surface area contributed by atoms with E-state index in [4.69, 9.17) is 0 Å². The molecule has 4 heteroatoms. The largest absolute Gasteiger partial charge is 0.335 e. The van der Waals surface area contributed by atoms with Gasteiger partial charge in [-0.25, -0.2) is 4.79 Å². The van der Waals surface area contributed by atoms with E-state index in [2.05, 4.69) is 33.7 Å². The Morgan fingerprint density at radius 2 is 1.76 bits per heavy atom. The predicted molar refractivity (Wildman–Crippen MR) is 121 cm³/mol. The highest BCUT2D eigenvalue weighted by molar-refractivity contribution is 5.93. The Bertz CT molecular complexity index is 852. The summed E-state index contributed by atoms with van der Waals surface area (Å²) in [4.78, 5) is 15.0. The zero-order valence-electron chi connectivity index (χ0n) is 17.3. The summed E-state index contributed by atoms with van der Waals surface area (Å²) < 4.78 is 0. The second-order valence-corrected chi connectivity index (χ2v) is 8.53. The van der Waals surface area contributed by atoms with Crippen LogP contribution >= 0.6 is 0 Å². The average Bonchev–Trinajstić information content (AvgIpc) is 2.71. The molecule has 29 heavy (non-hydrogen) atoms. The van der Waals surface area contributed by atoms with Gasteiger partial charge in [-0.2, -0.15) is 0 Å². The van der Waals surface area contributed by atoms with Crippen LogP contribution < -0.4 is 10.6 Å². The Kier molecular flexibility index (Phi) is 6.83. The molecule has 1 saturated heterocycles. The molecule has 2 aliphatic rings. The van der Waals surface area contributed by atoms with E-state index >= 15 is 0 Å². The van der Waals surface area contributed by atoms with Crippen molar-refractivity contribution in [3.8, 4) is 0 Å². The molecule has 1 heterocycles. The lowest BCUT2D eigenvalue weighted by molar-refractivity contribution is 0.205. The Morgan fingerprint density at radius 1 is 0.966 bits per heavy atom. The van der Waals surface area contributed by atoms with Crippen molar-refractivity contribution in [2.75, 3.05) is 25.0 Å². The number of anilines is 1. The number of likely N-dealkylation sites (tertiary alicyclic amines) is 1. The predicted octanol–water partition coefficient (Wildman–Crippen LogP) is 5.71. The third-order valence-electron chi connectivity index (χ3n) is 6.24. The molecule has 1 fully saturated rings. The summed E-state index contributed by atoms with van der Waals surface area (Å²) >= 11 is 0. The van der Waals surface area contributed by atoms with Gasteiger partial charge in [-0.05, 0) is 61.4 Å². The first-order valence-corrected chi connectivity index (χ1v) is 11.2. The van der Waals surface area contributed by atoms with Gasteiger partial charge in [-0.3, -0.25) is 4.90 Å². The number of nitrogens with one attached hydrogen (secondary N) is 2. The van der Waals surface area contributed by atoms with Crippen molar-refractivity contribution in [2.24, 2.45) is 0 Å². The summed E-state index contributed by atoms with van der Waals surface area (Å²) in [6.45, 7) is 3.26. The summed E-state index contributed by atoms with van der Waals surface area (Å²) in [6.07, 6.45) is 12.5. The fourth-order valence-electron chi connectivity index (χ4n) is 4.54. The zero-order valence-corrected chi connectivity index (χ0v) is 17.3. The minimum Gasteiger partial charge on any atom is -0.335 e. The number of carbonyl (C=O) groups excluding carboxylic acids is 1. The summed E-state index contributed by atoms with van der Waals surface area (Å²) in [5.41, 5.74) is 2.47. The van der Waals surface area contributed by atoms with Crippen LogP contribution in [-0.4, -0.2) is 36.6 Å². The van der Waals surface area contributed by atoms with Gasteiger partial charge in [-0.1, -0.05) is 54.8 Å². The lowest BCUT2D eigenvalue weighted by atomic mass is 9.98. The molecular formula is C25H33N3O. The standard InChI is InChI=1S/C25H33N3O/c29-25(27-24-13-12-21-10-6-7-11-22(21)18-24)26-23-14-16-28(17-15-23)19-20-8-4-2-1-3-5-9-20/h6-8,10-13,18,23H,1-5,9,14-17,19H2,(H2,26,27,29)/b20-8+. The molecule has 4 rings (SSSR count). The Labute approximate surface area is 174 Å². The van der Waals surface area contributed by atoms with Crippen LogP contribution in [0.3, 0.4) is 0 Å². The molecule has 1 aliphatic heterocycles. The zero-order chi connectivity index (χ0) is 19.9. The SMILES string of the molecule is O=C(Nc1ccc2ccccc2c1)NC1CCN(C/C2=C/CCCCCC2)CC1. The Morgan fingerprint density at radius 3 is 2.62 bits per heavy atom. The number of rotatable bonds is 4. The highest BCUT2D eigenvalue weighted by Gasteiger charge is 2.21. The number of nitrogens with zero attached hydrogens (tertiary/aromatic N) is 1. The van der Waals surface area contributed by atoms with Crippen LogP contribution in [-0.2, 0) is 0 Å². The molecule has 0 bridgehead atoms. The van der Waals surface area contributed by atoms with Crippen molar-refractivity contribution in [3.63, 3.8) is 0 Å². The number of benzene rings is 2. The molecule has 0 atom stereocenters. The van der Waals surface area contributed by atoms with E-state index < -0.39 is 0 Å². The maximum absolute atomic E-state index is 12.4. The molecular weight excluding hydrogens is 358 g/mol. The minimum absolute atomic E-state index is 0.0959. The molecule has 0 aromatic heterocycles. The van der Waals surface area contributed by atoms with Crippen molar-refractivity contribution in [1.82, 2.24) is 10.2 Å². The second kappa shape index (κ2) is 9.93. The topological polar surface area (TPSA) is 44.4 Å². The maximum atomic E-state index is 12.4. The van der Waals surface area contributed by atoms with Gasteiger partial charge < -0.3 is 10.6 Å².